The number of hydrogen-bond acceptors (Lipinski definition) is 9. The first-order valence-electron chi connectivity index (χ1n) is 15.9. The van der Waals surface area contributed by atoms with Crippen molar-refractivity contribution in [2.45, 2.75) is 56.3 Å². The Hall–Kier alpha value is -4.88. The predicted molar refractivity (Wildman–Crippen MR) is 167 cm³/mol. The number of para-hydroxylation sites is 1. The molecule has 7 atom stereocenters. The van der Waals surface area contributed by atoms with E-state index in [9.17, 15) is 19.5 Å². The molecule has 2 fully saturated rings. The molecule has 7 rings (SSSR count). The Bertz CT molecular complexity index is 1760. The maximum atomic E-state index is 15.0. The molecule has 1 aromatic heterocycles. The molecule has 3 aromatic rings. The van der Waals surface area contributed by atoms with Crippen molar-refractivity contribution in [3.05, 3.63) is 84.5 Å². The molecule has 1 spiro atoms. The minimum atomic E-state index is -1.48. The molecular formula is C34H36N6O7. The molecule has 0 radical (unpaired) electrons. The molecule has 2 saturated heterocycles. The standard InChI is InChI=1S/C34H36N6O7/c1-21-18-35-27(42)14-6-3-9-17-38(20-39-24-13-8-7-12-23(24)36-37-39)32(44)30-34-16-15-26(47-34)28(33(45)46-21)29(34)31(43)40(30)25(19-41)22-10-4-2-5-11-22/h2-5,7-13,15-16,21,25-26,28-30,41H,6,14,17-20H2,1H3,(H,35,42)/b9-3-/t21-,25+,26+,28-,29-,30+,34-/m0/s1. The van der Waals surface area contributed by atoms with Gasteiger partial charge < -0.3 is 29.7 Å². The highest BCUT2D eigenvalue weighted by molar-refractivity contribution is 5.99. The zero-order valence-corrected chi connectivity index (χ0v) is 25.8. The molecular weight excluding hydrogens is 604 g/mol. The van der Waals surface area contributed by atoms with Crippen LogP contribution < -0.4 is 5.32 Å². The highest BCUT2D eigenvalue weighted by atomic mass is 16.6. The Balaban J connectivity index is 1.34. The maximum Gasteiger partial charge on any atom is 0.313 e. The highest BCUT2D eigenvalue weighted by Gasteiger charge is 2.74. The van der Waals surface area contributed by atoms with Gasteiger partial charge in [-0.2, -0.15) is 0 Å². The molecule has 4 aliphatic heterocycles. The Morgan fingerprint density at radius 2 is 1.83 bits per heavy atom. The highest BCUT2D eigenvalue weighted by Crippen LogP contribution is 2.57. The molecule has 3 amide bonds. The number of ether oxygens (including phenoxy) is 2. The summed E-state index contributed by atoms with van der Waals surface area (Å²) in [5, 5.41) is 22.1. The molecule has 0 aliphatic carbocycles. The van der Waals surface area contributed by atoms with Crippen LogP contribution in [0.15, 0.2) is 78.9 Å². The second kappa shape index (κ2) is 12.4. The van der Waals surface area contributed by atoms with Crippen molar-refractivity contribution in [1.29, 1.82) is 0 Å². The van der Waals surface area contributed by atoms with E-state index in [1.54, 1.807) is 59.0 Å². The number of fused-ring (bicyclic) bond motifs is 3. The molecule has 5 bridgehead atoms. The van der Waals surface area contributed by atoms with Crippen LogP contribution >= 0.6 is 0 Å². The third-order valence-corrected chi connectivity index (χ3v) is 9.48. The molecule has 2 aromatic carbocycles. The van der Waals surface area contributed by atoms with E-state index in [1.165, 1.54) is 4.90 Å². The van der Waals surface area contributed by atoms with Crippen molar-refractivity contribution in [1.82, 2.24) is 30.1 Å². The molecule has 0 unspecified atom stereocenters. The lowest BCUT2D eigenvalue weighted by atomic mass is 9.74. The summed E-state index contributed by atoms with van der Waals surface area (Å²) in [6.45, 7) is 1.44. The van der Waals surface area contributed by atoms with Crippen LogP contribution in [0.3, 0.4) is 0 Å². The van der Waals surface area contributed by atoms with Crippen LogP contribution in [0.4, 0.5) is 0 Å². The molecule has 5 heterocycles. The fourth-order valence-electron chi connectivity index (χ4n) is 7.29. The van der Waals surface area contributed by atoms with Crippen LogP contribution in [0, 0.1) is 11.8 Å². The van der Waals surface area contributed by atoms with E-state index in [1.807, 2.05) is 36.4 Å². The van der Waals surface area contributed by atoms with E-state index in [0.717, 1.165) is 0 Å². The Kier molecular flexibility index (Phi) is 8.10. The SMILES string of the molecule is C[C@H]1CNC(=O)CC/C=C\CN(Cn2nnc3ccccc32)C(=O)[C@H]2N([C@H](CO)c3ccccc3)C(=O)[C@@H]3[C@@H](C(=O)O1)[C@H]1C=C[C@]32O1. The van der Waals surface area contributed by atoms with Crippen LogP contribution in [0.2, 0.25) is 0 Å². The molecule has 4 aliphatic rings. The van der Waals surface area contributed by atoms with Gasteiger partial charge >= 0.3 is 5.97 Å². The summed E-state index contributed by atoms with van der Waals surface area (Å²) in [7, 11) is 0. The number of carbonyl (C=O) groups is 4. The van der Waals surface area contributed by atoms with E-state index < -0.39 is 66.1 Å². The van der Waals surface area contributed by atoms with E-state index in [-0.39, 0.29) is 32.1 Å². The van der Waals surface area contributed by atoms with Crippen molar-refractivity contribution < 1.29 is 33.8 Å². The number of carbonyl (C=O) groups excluding carboxylic acids is 4. The molecule has 13 nitrogen and oxygen atoms in total. The number of cyclic esters (lactones) is 1. The third kappa shape index (κ3) is 5.28. The summed E-state index contributed by atoms with van der Waals surface area (Å²) in [5.74, 6) is -3.87. The van der Waals surface area contributed by atoms with Gasteiger partial charge in [0.1, 0.15) is 35.9 Å². The molecule has 244 valence electrons. The zero-order chi connectivity index (χ0) is 32.7. The number of benzene rings is 2. The van der Waals surface area contributed by atoms with Gasteiger partial charge in [0, 0.05) is 13.0 Å². The number of allylic oxidation sites excluding steroid dienone is 1. The third-order valence-electron chi connectivity index (χ3n) is 9.48. The van der Waals surface area contributed by atoms with Crippen LogP contribution in [0.1, 0.15) is 31.4 Å². The van der Waals surface area contributed by atoms with Crippen LogP contribution in [0.5, 0.6) is 0 Å². The number of nitrogens with one attached hydrogen (secondary N) is 1. The van der Waals surface area contributed by atoms with E-state index in [2.05, 4.69) is 15.6 Å². The normalized spacial score (nSPS) is 30.8. The smallest absolute Gasteiger partial charge is 0.313 e. The van der Waals surface area contributed by atoms with Crippen molar-refractivity contribution in [2.24, 2.45) is 11.8 Å². The quantitative estimate of drug-likeness (QED) is 0.312. The summed E-state index contributed by atoms with van der Waals surface area (Å²) in [6.07, 6.45) is 6.26. The number of aliphatic hydroxyl groups is 1. The van der Waals surface area contributed by atoms with E-state index in [0.29, 0.717) is 23.0 Å². The number of aromatic nitrogens is 3. The molecule has 2 N–H and O–H groups in total. The number of amides is 3. The van der Waals surface area contributed by atoms with Crippen molar-refractivity contribution >= 4 is 34.7 Å². The lowest BCUT2D eigenvalue weighted by Crippen LogP contribution is -2.57. The topological polar surface area (TPSA) is 156 Å². The van der Waals surface area contributed by atoms with E-state index >= 15 is 4.79 Å². The van der Waals surface area contributed by atoms with Gasteiger partial charge in [0.15, 0.2) is 0 Å². The maximum absolute atomic E-state index is 15.0. The molecule has 47 heavy (non-hydrogen) atoms. The largest absolute Gasteiger partial charge is 0.460 e. The fraction of sp³-hybridized carbons (Fsp3) is 0.412. The monoisotopic (exact) mass is 640 g/mol. The molecule has 0 saturated carbocycles. The zero-order valence-electron chi connectivity index (χ0n) is 25.8. The average Bonchev–Trinajstić information content (AvgIpc) is 3.83. The minimum Gasteiger partial charge on any atom is -0.460 e. The lowest BCUT2D eigenvalue weighted by Gasteiger charge is -2.38. The van der Waals surface area contributed by atoms with Crippen LogP contribution in [-0.4, -0.2) is 97.1 Å². The summed E-state index contributed by atoms with van der Waals surface area (Å²) in [5.41, 5.74) is 0.522. The fourth-order valence-corrected chi connectivity index (χ4v) is 7.29. The predicted octanol–water partition coefficient (Wildman–Crippen LogP) is 1.50. The number of aliphatic hydroxyl groups excluding tert-OH is 1. The van der Waals surface area contributed by atoms with Gasteiger partial charge in [-0.1, -0.05) is 72.0 Å². The second-order valence-electron chi connectivity index (χ2n) is 12.4. The number of hydrogen-bond donors (Lipinski definition) is 2. The van der Waals surface area contributed by atoms with Crippen molar-refractivity contribution in [3.8, 4) is 0 Å². The number of rotatable bonds is 5. The van der Waals surface area contributed by atoms with Gasteiger partial charge in [-0.15, -0.1) is 5.10 Å². The van der Waals surface area contributed by atoms with Gasteiger partial charge in [0.2, 0.25) is 11.8 Å². The Labute approximate surface area is 270 Å². The number of likely N-dealkylation sites (tertiary alicyclic amines) is 1. The van der Waals surface area contributed by atoms with E-state index in [4.69, 9.17) is 9.47 Å². The van der Waals surface area contributed by atoms with Crippen molar-refractivity contribution in [3.63, 3.8) is 0 Å². The first-order valence-corrected chi connectivity index (χ1v) is 15.9. The number of nitrogens with zero attached hydrogens (tertiary/aromatic N) is 5. The summed E-state index contributed by atoms with van der Waals surface area (Å²) < 4.78 is 13.9. The number of esters is 1. The van der Waals surface area contributed by atoms with Gasteiger partial charge in [-0.3, -0.25) is 19.2 Å². The average molecular weight is 641 g/mol. The summed E-state index contributed by atoms with van der Waals surface area (Å²) >= 11 is 0. The van der Waals surface area contributed by atoms with Crippen molar-refractivity contribution in [2.75, 3.05) is 19.7 Å². The summed E-state index contributed by atoms with van der Waals surface area (Å²) in [4.78, 5) is 58.8. The van der Waals surface area contributed by atoms with Crippen LogP contribution in [0.25, 0.3) is 11.0 Å². The lowest BCUT2D eigenvalue weighted by molar-refractivity contribution is -0.159. The van der Waals surface area contributed by atoms with Gasteiger partial charge in [-0.05, 0) is 31.0 Å². The minimum absolute atomic E-state index is 0.00525. The first-order chi connectivity index (χ1) is 22.8. The van der Waals surface area contributed by atoms with Gasteiger partial charge in [0.05, 0.1) is 36.7 Å². The van der Waals surface area contributed by atoms with Gasteiger partial charge in [-0.25, -0.2) is 4.68 Å². The Morgan fingerprint density at radius 1 is 1.04 bits per heavy atom. The first kappa shape index (κ1) is 30.8. The summed E-state index contributed by atoms with van der Waals surface area (Å²) in [6, 6.07) is 14.3. The van der Waals surface area contributed by atoms with Crippen LogP contribution in [-0.2, 0) is 35.3 Å². The van der Waals surface area contributed by atoms with Gasteiger partial charge in [0.25, 0.3) is 5.91 Å². The molecule has 13 heteroatoms. The Morgan fingerprint density at radius 3 is 2.64 bits per heavy atom. The second-order valence-corrected chi connectivity index (χ2v) is 12.4.